The maximum atomic E-state index is 11.4. The molecule has 0 radical (unpaired) electrons. The summed E-state index contributed by atoms with van der Waals surface area (Å²) in [5.74, 6) is -0.440. The van der Waals surface area contributed by atoms with Crippen LogP contribution in [0.1, 0.15) is 11.6 Å². The number of ketones is 1. The number of benzene rings is 1. The summed E-state index contributed by atoms with van der Waals surface area (Å²) in [7, 11) is 0. The number of nitrogens with one attached hydrogen (secondary N) is 2. The second-order valence-electron chi connectivity index (χ2n) is 3.61. The van der Waals surface area contributed by atoms with Gasteiger partial charge in [-0.25, -0.2) is 0 Å². The lowest BCUT2D eigenvalue weighted by molar-refractivity contribution is -0.131. The molecule has 0 amide bonds. The van der Waals surface area contributed by atoms with Crippen LogP contribution in [0.2, 0.25) is 5.02 Å². The Bertz CT molecular complexity index is 405. The molecule has 0 bridgehead atoms. The number of hydrogen-bond donors (Lipinski definition) is 2. The molecule has 1 aromatic carbocycles. The number of halogens is 1. The molecule has 4 nitrogen and oxygen atoms in total. The van der Waals surface area contributed by atoms with Gasteiger partial charge in [0.25, 0.3) is 0 Å². The fourth-order valence-corrected chi connectivity index (χ4v) is 1.96. The molecule has 2 rings (SSSR count). The summed E-state index contributed by atoms with van der Waals surface area (Å²) in [4.78, 5) is 21.9. The first-order valence-electron chi connectivity index (χ1n) is 4.93. The van der Waals surface area contributed by atoms with Gasteiger partial charge in [0.2, 0.25) is 5.78 Å². The molecule has 5 heteroatoms. The summed E-state index contributed by atoms with van der Waals surface area (Å²) < 4.78 is 0. The van der Waals surface area contributed by atoms with E-state index < -0.39 is 11.8 Å². The number of rotatable bonds is 3. The third kappa shape index (κ3) is 2.14. The molecule has 0 spiro atoms. The minimum absolute atomic E-state index is 0.171. The van der Waals surface area contributed by atoms with Crippen LogP contribution in [0.4, 0.5) is 0 Å². The number of Topliss-reactive ketones (excluding diaryl/α,β-unsaturated/α-hetero) is 1. The molecular weight excluding hydrogens is 228 g/mol. The Balaban J connectivity index is 2.22. The average molecular weight is 239 g/mol. The molecule has 2 atom stereocenters. The highest BCUT2D eigenvalue weighted by Gasteiger charge is 2.32. The molecule has 1 heterocycles. The predicted octanol–water partition coefficient (Wildman–Crippen LogP) is 0.668. The lowest BCUT2D eigenvalue weighted by Crippen LogP contribution is -2.36. The Hall–Kier alpha value is -1.23. The second kappa shape index (κ2) is 4.74. The topological polar surface area (TPSA) is 58.2 Å². The number of carbonyl (C=O) groups excluding carboxylic acids is 2. The number of hydrogen-bond acceptors (Lipinski definition) is 4. The highest BCUT2D eigenvalue weighted by molar-refractivity contribution is 6.30. The van der Waals surface area contributed by atoms with Crippen molar-refractivity contribution in [2.45, 2.75) is 12.1 Å². The standard InChI is InChI=1S/C11H11ClN2O2/c12-8-3-1-7(2-4-8)10-11(9(16)5-15)14-6-13-10/h1-5,10-11,13-14H,6H2. The third-order valence-corrected chi connectivity index (χ3v) is 2.88. The molecule has 0 saturated carbocycles. The van der Waals surface area contributed by atoms with Gasteiger partial charge in [-0.2, -0.15) is 0 Å². The summed E-state index contributed by atoms with van der Waals surface area (Å²) in [6, 6.07) is 6.56. The molecule has 84 valence electrons. The number of carbonyl (C=O) groups is 2. The van der Waals surface area contributed by atoms with Crippen molar-refractivity contribution < 1.29 is 9.59 Å². The molecule has 1 aliphatic heterocycles. The van der Waals surface area contributed by atoms with E-state index in [1.807, 2.05) is 12.1 Å². The Morgan fingerprint density at radius 2 is 2.00 bits per heavy atom. The van der Waals surface area contributed by atoms with Gasteiger partial charge in [0.05, 0.1) is 12.1 Å². The third-order valence-electron chi connectivity index (χ3n) is 2.63. The zero-order valence-electron chi connectivity index (χ0n) is 8.44. The molecule has 1 aliphatic rings. The zero-order chi connectivity index (χ0) is 11.5. The van der Waals surface area contributed by atoms with Crippen LogP contribution in [0, 0.1) is 0 Å². The Morgan fingerprint density at radius 3 is 2.62 bits per heavy atom. The summed E-state index contributed by atoms with van der Waals surface area (Å²) in [6.45, 7) is 0.511. The van der Waals surface area contributed by atoms with E-state index in [9.17, 15) is 9.59 Å². The van der Waals surface area contributed by atoms with Crippen molar-refractivity contribution >= 4 is 23.7 Å². The van der Waals surface area contributed by atoms with Gasteiger partial charge < -0.3 is 0 Å². The van der Waals surface area contributed by atoms with Crippen LogP contribution in [-0.4, -0.2) is 24.8 Å². The summed E-state index contributed by atoms with van der Waals surface area (Å²) >= 11 is 5.79. The van der Waals surface area contributed by atoms with Crippen LogP contribution in [0.15, 0.2) is 24.3 Å². The van der Waals surface area contributed by atoms with Crippen LogP contribution in [0.5, 0.6) is 0 Å². The van der Waals surface area contributed by atoms with Crippen molar-refractivity contribution in [2.75, 3.05) is 6.67 Å². The van der Waals surface area contributed by atoms with Crippen LogP contribution in [0.25, 0.3) is 0 Å². The first-order valence-corrected chi connectivity index (χ1v) is 5.31. The fourth-order valence-electron chi connectivity index (χ4n) is 1.83. The summed E-state index contributed by atoms with van der Waals surface area (Å²) in [5.41, 5.74) is 0.939. The van der Waals surface area contributed by atoms with E-state index in [0.717, 1.165) is 5.56 Å². The fraction of sp³-hybridized carbons (Fsp3) is 0.273. The first-order chi connectivity index (χ1) is 7.72. The van der Waals surface area contributed by atoms with E-state index in [-0.39, 0.29) is 6.04 Å². The van der Waals surface area contributed by atoms with E-state index in [1.54, 1.807) is 12.1 Å². The van der Waals surface area contributed by atoms with E-state index in [0.29, 0.717) is 18.0 Å². The van der Waals surface area contributed by atoms with Gasteiger partial charge in [-0.05, 0) is 17.7 Å². The smallest absolute Gasteiger partial charge is 0.213 e. The molecule has 2 N–H and O–H groups in total. The van der Waals surface area contributed by atoms with Gasteiger partial charge in [-0.3, -0.25) is 20.2 Å². The minimum atomic E-state index is -0.487. The normalized spacial score (nSPS) is 24.3. The molecule has 0 aliphatic carbocycles. The molecule has 1 saturated heterocycles. The van der Waals surface area contributed by atoms with Gasteiger partial charge in [0, 0.05) is 11.7 Å². The lowest BCUT2D eigenvalue weighted by atomic mass is 9.98. The van der Waals surface area contributed by atoms with Crippen molar-refractivity contribution in [3.05, 3.63) is 34.9 Å². The van der Waals surface area contributed by atoms with Gasteiger partial charge in [-0.1, -0.05) is 23.7 Å². The van der Waals surface area contributed by atoms with E-state index in [1.165, 1.54) is 0 Å². The van der Waals surface area contributed by atoms with Gasteiger partial charge in [-0.15, -0.1) is 0 Å². The highest BCUT2D eigenvalue weighted by atomic mass is 35.5. The van der Waals surface area contributed by atoms with Gasteiger partial charge in [0.1, 0.15) is 0 Å². The number of aldehydes is 1. The molecule has 2 unspecified atom stereocenters. The first kappa shape index (κ1) is 11.3. The van der Waals surface area contributed by atoms with Crippen LogP contribution in [0.3, 0.4) is 0 Å². The highest BCUT2D eigenvalue weighted by Crippen LogP contribution is 2.22. The van der Waals surface area contributed by atoms with Crippen molar-refractivity contribution in [2.24, 2.45) is 0 Å². The van der Waals surface area contributed by atoms with Crippen LogP contribution in [-0.2, 0) is 9.59 Å². The monoisotopic (exact) mass is 238 g/mol. The molecule has 1 aromatic rings. The molecule has 0 aromatic heterocycles. The molecule has 1 fully saturated rings. The van der Waals surface area contributed by atoms with E-state index in [2.05, 4.69) is 10.6 Å². The van der Waals surface area contributed by atoms with Crippen LogP contribution >= 0.6 is 11.6 Å². The van der Waals surface area contributed by atoms with Crippen LogP contribution < -0.4 is 10.6 Å². The quantitative estimate of drug-likeness (QED) is 0.600. The SMILES string of the molecule is O=CC(=O)C1NCNC1c1ccc(Cl)cc1. The average Bonchev–Trinajstić information content (AvgIpc) is 2.78. The summed E-state index contributed by atoms with van der Waals surface area (Å²) in [6.07, 6.45) is 0.355. The van der Waals surface area contributed by atoms with E-state index >= 15 is 0 Å². The zero-order valence-corrected chi connectivity index (χ0v) is 9.20. The maximum Gasteiger partial charge on any atom is 0.213 e. The van der Waals surface area contributed by atoms with Gasteiger partial charge >= 0.3 is 0 Å². The minimum Gasteiger partial charge on any atom is -0.296 e. The Labute approximate surface area is 98.0 Å². The molecular formula is C11H11ClN2O2. The van der Waals surface area contributed by atoms with Crippen molar-refractivity contribution in [1.82, 2.24) is 10.6 Å². The predicted molar refractivity (Wildman–Crippen MR) is 60.2 cm³/mol. The Morgan fingerprint density at radius 1 is 1.31 bits per heavy atom. The second-order valence-corrected chi connectivity index (χ2v) is 4.05. The maximum absolute atomic E-state index is 11.4. The van der Waals surface area contributed by atoms with E-state index in [4.69, 9.17) is 11.6 Å². The van der Waals surface area contributed by atoms with Gasteiger partial charge in [0.15, 0.2) is 6.29 Å². The lowest BCUT2D eigenvalue weighted by Gasteiger charge is -2.16. The molecule has 16 heavy (non-hydrogen) atoms. The van der Waals surface area contributed by atoms with Crippen molar-refractivity contribution in [3.63, 3.8) is 0 Å². The summed E-state index contributed by atoms with van der Waals surface area (Å²) in [5, 5.41) is 6.72. The largest absolute Gasteiger partial charge is 0.296 e. The van der Waals surface area contributed by atoms with Crippen molar-refractivity contribution in [1.29, 1.82) is 0 Å². The Kier molecular flexibility index (Phi) is 3.33. The van der Waals surface area contributed by atoms with Crippen molar-refractivity contribution in [3.8, 4) is 0 Å².